The molecule has 1 amide bonds. The van der Waals surface area contributed by atoms with Gasteiger partial charge in [0.1, 0.15) is 6.04 Å². The molecule has 2 rings (SSSR count). The number of amides is 1. The predicted octanol–water partition coefficient (Wildman–Crippen LogP) is 1.84. The van der Waals surface area contributed by atoms with E-state index in [0.29, 0.717) is 0 Å². The Kier molecular flexibility index (Phi) is 6.94. The van der Waals surface area contributed by atoms with Crippen LogP contribution in [0, 0.1) is 6.92 Å². The van der Waals surface area contributed by atoms with Crippen molar-refractivity contribution in [3.05, 3.63) is 59.7 Å². The van der Waals surface area contributed by atoms with Crippen molar-refractivity contribution in [1.29, 1.82) is 0 Å². The maximum absolute atomic E-state index is 12.4. The molecule has 0 aromatic heterocycles. The molecule has 0 radical (unpaired) electrons. The summed E-state index contributed by atoms with van der Waals surface area (Å²) < 4.78 is 27.1. The van der Waals surface area contributed by atoms with E-state index < -0.39 is 40.3 Å². The molecule has 154 valence electrons. The molecule has 0 unspecified atom stereocenters. The van der Waals surface area contributed by atoms with Gasteiger partial charge in [-0.15, -0.1) is 0 Å². The molecule has 29 heavy (non-hydrogen) atoms. The van der Waals surface area contributed by atoms with Crippen LogP contribution in [0.1, 0.15) is 28.8 Å². The number of carboxylic acids is 2. The minimum Gasteiger partial charge on any atom is -0.481 e. The fourth-order valence-corrected chi connectivity index (χ4v) is 3.45. The number of carboxylic acid groups (broad SMARTS) is 2. The first-order valence-corrected chi connectivity index (χ1v) is 10.0. The van der Waals surface area contributed by atoms with E-state index >= 15 is 0 Å². The average Bonchev–Trinajstić information content (AvgIpc) is 2.65. The molecule has 0 saturated heterocycles. The van der Waals surface area contributed by atoms with Gasteiger partial charge in [-0.1, -0.05) is 17.7 Å². The Morgan fingerprint density at radius 3 is 2.07 bits per heavy atom. The van der Waals surface area contributed by atoms with E-state index in [1.165, 1.54) is 36.4 Å². The second-order valence-corrected chi connectivity index (χ2v) is 7.98. The fourth-order valence-electron chi connectivity index (χ4n) is 2.39. The number of anilines is 1. The molecule has 0 bridgehead atoms. The van der Waals surface area contributed by atoms with Crippen LogP contribution in [0.5, 0.6) is 0 Å². The Morgan fingerprint density at radius 2 is 1.55 bits per heavy atom. The van der Waals surface area contributed by atoms with Gasteiger partial charge in [0.15, 0.2) is 0 Å². The average molecular weight is 420 g/mol. The van der Waals surface area contributed by atoms with Crippen molar-refractivity contribution in [3.63, 3.8) is 0 Å². The maximum atomic E-state index is 12.4. The molecule has 0 aliphatic heterocycles. The Labute approximate surface area is 167 Å². The first-order valence-electron chi connectivity index (χ1n) is 8.53. The van der Waals surface area contributed by atoms with Crippen LogP contribution in [0.25, 0.3) is 0 Å². The van der Waals surface area contributed by atoms with Crippen LogP contribution < -0.4 is 10.0 Å². The third-order valence-electron chi connectivity index (χ3n) is 3.98. The second-order valence-electron chi connectivity index (χ2n) is 6.29. The van der Waals surface area contributed by atoms with Crippen LogP contribution in [0.15, 0.2) is 53.4 Å². The van der Waals surface area contributed by atoms with Crippen molar-refractivity contribution in [2.45, 2.75) is 30.7 Å². The molecular formula is C19H20N2O7S. The quantitative estimate of drug-likeness (QED) is 0.483. The zero-order chi connectivity index (χ0) is 21.6. The van der Waals surface area contributed by atoms with Crippen molar-refractivity contribution in [3.8, 4) is 0 Å². The number of hydrogen-bond acceptors (Lipinski definition) is 5. The standard InChI is InChI=1S/C19H20N2O7S/c1-12-2-8-15(9-3-12)29(27,28)21-14-6-4-13(5-7-14)18(24)20-16(19(25)26)10-11-17(22)23/h2-9,16,21H,10-11H2,1H3,(H,20,24)(H,22,23)(H,25,26)/t16-/m0/s1. The largest absolute Gasteiger partial charge is 0.481 e. The van der Waals surface area contributed by atoms with Crippen LogP contribution in [0.2, 0.25) is 0 Å². The van der Waals surface area contributed by atoms with E-state index in [-0.39, 0.29) is 22.6 Å². The maximum Gasteiger partial charge on any atom is 0.326 e. The van der Waals surface area contributed by atoms with Crippen molar-refractivity contribution in [2.75, 3.05) is 4.72 Å². The topological polar surface area (TPSA) is 150 Å². The predicted molar refractivity (Wildman–Crippen MR) is 104 cm³/mol. The van der Waals surface area contributed by atoms with Crippen molar-refractivity contribution in [2.24, 2.45) is 0 Å². The Morgan fingerprint density at radius 1 is 0.966 bits per heavy atom. The number of aryl methyl sites for hydroxylation is 1. The molecule has 2 aromatic carbocycles. The van der Waals surface area contributed by atoms with Gasteiger partial charge in [-0.3, -0.25) is 14.3 Å². The third-order valence-corrected chi connectivity index (χ3v) is 5.38. The van der Waals surface area contributed by atoms with Crippen molar-refractivity contribution >= 4 is 33.6 Å². The number of rotatable bonds is 9. The molecule has 10 heteroatoms. The summed E-state index contributed by atoms with van der Waals surface area (Å²) in [5, 5.41) is 20.0. The summed E-state index contributed by atoms with van der Waals surface area (Å²) in [6, 6.07) is 10.3. The van der Waals surface area contributed by atoms with E-state index in [1.807, 2.05) is 6.92 Å². The minimum atomic E-state index is -3.79. The molecule has 0 aliphatic carbocycles. The Balaban J connectivity index is 2.06. The number of carbonyl (C=O) groups excluding carboxylic acids is 1. The summed E-state index contributed by atoms with van der Waals surface area (Å²) in [6.45, 7) is 1.84. The minimum absolute atomic E-state index is 0.0904. The van der Waals surface area contributed by atoms with Crippen LogP contribution in [0.3, 0.4) is 0 Å². The van der Waals surface area contributed by atoms with Crippen molar-refractivity contribution in [1.82, 2.24) is 5.32 Å². The third kappa shape index (κ3) is 6.32. The van der Waals surface area contributed by atoms with Gasteiger partial charge >= 0.3 is 11.9 Å². The number of sulfonamides is 1. The molecule has 4 N–H and O–H groups in total. The van der Waals surface area contributed by atoms with Gasteiger partial charge in [0.2, 0.25) is 0 Å². The lowest BCUT2D eigenvalue weighted by molar-refractivity contribution is -0.140. The SMILES string of the molecule is Cc1ccc(S(=O)(=O)Nc2ccc(C(=O)N[C@@H](CCC(=O)O)C(=O)O)cc2)cc1. The summed E-state index contributed by atoms with van der Waals surface area (Å²) in [5.41, 5.74) is 1.25. The highest BCUT2D eigenvalue weighted by molar-refractivity contribution is 7.92. The molecule has 0 heterocycles. The molecule has 0 saturated carbocycles. The van der Waals surface area contributed by atoms with Crippen LogP contribution in [-0.4, -0.2) is 42.5 Å². The number of aliphatic carboxylic acids is 2. The Bertz CT molecular complexity index is 1000. The van der Waals surface area contributed by atoms with E-state index in [0.717, 1.165) is 5.56 Å². The van der Waals surface area contributed by atoms with E-state index in [2.05, 4.69) is 10.0 Å². The first-order chi connectivity index (χ1) is 13.6. The zero-order valence-corrected chi connectivity index (χ0v) is 16.3. The van der Waals surface area contributed by atoms with Gasteiger partial charge in [0, 0.05) is 17.7 Å². The second kappa shape index (κ2) is 9.20. The summed E-state index contributed by atoms with van der Waals surface area (Å²) in [6.07, 6.45) is -0.665. The lowest BCUT2D eigenvalue weighted by atomic mass is 10.1. The lowest BCUT2D eigenvalue weighted by Gasteiger charge is -2.14. The van der Waals surface area contributed by atoms with Gasteiger partial charge < -0.3 is 15.5 Å². The highest BCUT2D eigenvalue weighted by Gasteiger charge is 2.22. The van der Waals surface area contributed by atoms with Gasteiger partial charge in [0.25, 0.3) is 15.9 Å². The van der Waals surface area contributed by atoms with Crippen LogP contribution in [-0.2, 0) is 19.6 Å². The van der Waals surface area contributed by atoms with E-state index in [9.17, 15) is 22.8 Å². The summed E-state index contributed by atoms with van der Waals surface area (Å²) in [4.78, 5) is 34.0. The number of carbonyl (C=O) groups is 3. The summed E-state index contributed by atoms with van der Waals surface area (Å²) >= 11 is 0. The molecule has 0 aliphatic rings. The monoisotopic (exact) mass is 420 g/mol. The van der Waals surface area contributed by atoms with Crippen LogP contribution in [0.4, 0.5) is 5.69 Å². The first kappa shape index (κ1) is 21.9. The van der Waals surface area contributed by atoms with E-state index in [4.69, 9.17) is 10.2 Å². The lowest BCUT2D eigenvalue weighted by Crippen LogP contribution is -2.41. The molecule has 2 aromatic rings. The van der Waals surface area contributed by atoms with Gasteiger partial charge in [-0.2, -0.15) is 0 Å². The normalized spacial score (nSPS) is 12.0. The fraction of sp³-hybridized carbons (Fsp3) is 0.211. The summed E-state index contributed by atoms with van der Waals surface area (Å²) in [7, 11) is -3.79. The number of nitrogens with one attached hydrogen (secondary N) is 2. The number of benzene rings is 2. The Hall–Kier alpha value is -3.40. The smallest absolute Gasteiger partial charge is 0.326 e. The molecule has 0 spiro atoms. The highest BCUT2D eigenvalue weighted by Crippen LogP contribution is 2.17. The molecule has 0 fully saturated rings. The van der Waals surface area contributed by atoms with Crippen molar-refractivity contribution < 1.29 is 33.0 Å². The number of hydrogen-bond donors (Lipinski definition) is 4. The van der Waals surface area contributed by atoms with Gasteiger partial charge in [0.05, 0.1) is 4.90 Å². The van der Waals surface area contributed by atoms with E-state index in [1.54, 1.807) is 12.1 Å². The van der Waals surface area contributed by atoms with Crippen LogP contribution >= 0.6 is 0 Å². The van der Waals surface area contributed by atoms with Gasteiger partial charge in [-0.05, 0) is 49.7 Å². The highest BCUT2D eigenvalue weighted by atomic mass is 32.2. The molecular weight excluding hydrogens is 400 g/mol. The molecule has 9 nitrogen and oxygen atoms in total. The summed E-state index contributed by atoms with van der Waals surface area (Å²) in [5.74, 6) is -3.23. The van der Waals surface area contributed by atoms with Gasteiger partial charge in [-0.25, -0.2) is 13.2 Å². The molecule has 1 atom stereocenters. The zero-order valence-electron chi connectivity index (χ0n) is 15.5.